The molecule has 0 fully saturated rings. The summed E-state index contributed by atoms with van der Waals surface area (Å²) in [5, 5.41) is 0. The lowest BCUT2D eigenvalue weighted by molar-refractivity contribution is 0.358. The molecule has 0 aromatic heterocycles. The van der Waals surface area contributed by atoms with Crippen LogP contribution >= 0.6 is 0 Å². The van der Waals surface area contributed by atoms with Crippen molar-refractivity contribution in [3.63, 3.8) is 0 Å². The van der Waals surface area contributed by atoms with Crippen LogP contribution in [0.1, 0.15) is 11.1 Å². The fourth-order valence-electron chi connectivity index (χ4n) is 2.06. The Kier molecular flexibility index (Phi) is 5.52. The SMILES string of the molecule is Cc1cc(NN)cc(C)c1S(=O)(=O)N(C)CCN(C)C. The Morgan fingerprint density at radius 1 is 1.10 bits per heavy atom. The molecule has 114 valence electrons. The number of aryl methyl sites for hydroxylation is 2. The molecule has 0 amide bonds. The van der Waals surface area contributed by atoms with Gasteiger partial charge in [0.15, 0.2) is 0 Å². The molecule has 1 rings (SSSR count). The first-order valence-electron chi connectivity index (χ1n) is 6.39. The summed E-state index contributed by atoms with van der Waals surface area (Å²) in [6.45, 7) is 4.68. The average molecular weight is 300 g/mol. The number of benzene rings is 1. The van der Waals surface area contributed by atoms with Gasteiger partial charge in [-0.2, -0.15) is 4.31 Å². The lowest BCUT2D eigenvalue weighted by Crippen LogP contribution is -2.34. The molecule has 1 aromatic rings. The molecule has 3 N–H and O–H groups in total. The second-order valence-electron chi connectivity index (χ2n) is 5.21. The number of sulfonamides is 1. The summed E-state index contributed by atoms with van der Waals surface area (Å²) >= 11 is 0. The fourth-order valence-corrected chi connectivity index (χ4v) is 3.62. The van der Waals surface area contributed by atoms with E-state index < -0.39 is 10.0 Å². The summed E-state index contributed by atoms with van der Waals surface area (Å²) in [6, 6.07) is 3.47. The zero-order valence-electron chi connectivity index (χ0n) is 12.8. The highest BCUT2D eigenvalue weighted by atomic mass is 32.2. The van der Waals surface area contributed by atoms with Crippen LogP contribution in [0.25, 0.3) is 0 Å². The summed E-state index contributed by atoms with van der Waals surface area (Å²) in [5.41, 5.74) is 4.62. The molecule has 0 bridgehead atoms. The topological polar surface area (TPSA) is 78.7 Å². The minimum absolute atomic E-state index is 0.359. The third-order valence-corrected chi connectivity index (χ3v) is 5.32. The van der Waals surface area contributed by atoms with Crippen molar-refractivity contribution in [2.24, 2.45) is 5.84 Å². The van der Waals surface area contributed by atoms with Crippen LogP contribution in [0.5, 0.6) is 0 Å². The third-order valence-electron chi connectivity index (χ3n) is 3.16. The predicted molar refractivity (Wildman–Crippen MR) is 82.1 cm³/mol. The molecule has 0 saturated carbocycles. The molecule has 0 spiro atoms. The summed E-state index contributed by atoms with van der Waals surface area (Å²) in [6.07, 6.45) is 0. The molecule has 1 aromatic carbocycles. The highest BCUT2D eigenvalue weighted by molar-refractivity contribution is 7.89. The van der Waals surface area contributed by atoms with Gasteiger partial charge in [0.1, 0.15) is 0 Å². The number of hydrogen-bond donors (Lipinski definition) is 2. The first-order chi connectivity index (χ1) is 9.20. The maximum atomic E-state index is 12.6. The van der Waals surface area contributed by atoms with Gasteiger partial charge in [-0.15, -0.1) is 0 Å². The highest BCUT2D eigenvalue weighted by Crippen LogP contribution is 2.26. The van der Waals surface area contributed by atoms with Crippen LogP contribution < -0.4 is 11.3 Å². The fraction of sp³-hybridized carbons (Fsp3) is 0.538. The van der Waals surface area contributed by atoms with Crippen molar-refractivity contribution < 1.29 is 8.42 Å². The molecular weight excluding hydrogens is 276 g/mol. The number of nitrogen functional groups attached to an aromatic ring is 1. The number of nitrogens with one attached hydrogen (secondary N) is 1. The minimum atomic E-state index is -3.48. The number of anilines is 1. The van der Waals surface area contributed by atoms with Gasteiger partial charge in [0.2, 0.25) is 10.0 Å². The van der Waals surface area contributed by atoms with Crippen LogP contribution in [0.2, 0.25) is 0 Å². The molecule has 20 heavy (non-hydrogen) atoms. The zero-order chi connectivity index (χ0) is 15.5. The van der Waals surface area contributed by atoms with Crippen LogP contribution in [0, 0.1) is 13.8 Å². The molecule has 0 unspecified atom stereocenters. The zero-order valence-corrected chi connectivity index (χ0v) is 13.6. The van der Waals surface area contributed by atoms with Gasteiger partial charge in [0, 0.05) is 25.8 Å². The van der Waals surface area contributed by atoms with Gasteiger partial charge in [0.05, 0.1) is 4.90 Å². The van der Waals surface area contributed by atoms with Crippen molar-refractivity contribution >= 4 is 15.7 Å². The summed E-state index contributed by atoms with van der Waals surface area (Å²) in [5.74, 6) is 5.37. The van der Waals surface area contributed by atoms with Crippen LogP contribution in [-0.4, -0.2) is 51.9 Å². The normalized spacial score (nSPS) is 12.2. The van der Waals surface area contributed by atoms with Gasteiger partial charge in [0.25, 0.3) is 0 Å². The van der Waals surface area contributed by atoms with Gasteiger partial charge < -0.3 is 10.3 Å². The molecule has 0 aliphatic heterocycles. The molecule has 6 nitrogen and oxygen atoms in total. The second kappa shape index (κ2) is 6.53. The summed E-state index contributed by atoms with van der Waals surface area (Å²) in [4.78, 5) is 2.31. The molecule has 0 saturated heterocycles. The Bertz CT molecular complexity index is 547. The van der Waals surface area contributed by atoms with Gasteiger partial charge in [-0.05, 0) is 51.2 Å². The molecule has 7 heteroatoms. The second-order valence-corrected chi connectivity index (χ2v) is 7.20. The highest BCUT2D eigenvalue weighted by Gasteiger charge is 2.25. The number of hydrogen-bond acceptors (Lipinski definition) is 5. The standard InChI is InChI=1S/C13H24N4O2S/c1-10-8-12(15-14)9-11(2)13(10)20(18,19)17(5)7-6-16(3)4/h8-9,15H,6-7,14H2,1-5H3. The van der Waals surface area contributed by atoms with Crippen LogP contribution in [0.15, 0.2) is 17.0 Å². The van der Waals surface area contributed by atoms with Gasteiger partial charge >= 0.3 is 0 Å². The predicted octanol–water partition coefficient (Wildman–Crippen LogP) is 0.771. The lowest BCUT2D eigenvalue weighted by atomic mass is 10.1. The molecule has 0 aliphatic rings. The quantitative estimate of drug-likeness (QED) is 0.599. The number of rotatable bonds is 6. The number of nitrogens with two attached hydrogens (primary N) is 1. The van der Waals surface area contributed by atoms with E-state index in [0.29, 0.717) is 34.8 Å². The number of nitrogens with zero attached hydrogens (tertiary/aromatic N) is 2. The Hall–Kier alpha value is -1.15. The van der Waals surface area contributed by atoms with Crippen LogP contribution in [0.3, 0.4) is 0 Å². The lowest BCUT2D eigenvalue weighted by Gasteiger charge is -2.22. The summed E-state index contributed by atoms with van der Waals surface area (Å²) in [7, 11) is 1.95. The van der Waals surface area contributed by atoms with Crippen molar-refractivity contribution in [2.45, 2.75) is 18.7 Å². The van der Waals surface area contributed by atoms with E-state index in [-0.39, 0.29) is 0 Å². The van der Waals surface area contributed by atoms with E-state index in [9.17, 15) is 8.42 Å². The van der Waals surface area contributed by atoms with Gasteiger partial charge in [-0.25, -0.2) is 8.42 Å². The van der Waals surface area contributed by atoms with E-state index in [2.05, 4.69) is 5.43 Å². The molecule has 0 atom stereocenters. The maximum absolute atomic E-state index is 12.6. The van der Waals surface area contributed by atoms with Gasteiger partial charge in [-0.3, -0.25) is 5.84 Å². The van der Waals surface area contributed by atoms with E-state index in [1.807, 2.05) is 19.0 Å². The monoisotopic (exact) mass is 300 g/mol. The van der Waals surface area contributed by atoms with E-state index in [4.69, 9.17) is 5.84 Å². The largest absolute Gasteiger partial charge is 0.324 e. The van der Waals surface area contributed by atoms with E-state index in [1.54, 1.807) is 33.0 Å². The smallest absolute Gasteiger partial charge is 0.243 e. The van der Waals surface area contributed by atoms with Crippen molar-refractivity contribution in [2.75, 3.05) is 39.7 Å². The Labute approximate surface area is 121 Å². The third kappa shape index (κ3) is 3.69. The first kappa shape index (κ1) is 16.9. The van der Waals surface area contributed by atoms with E-state index >= 15 is 0 Å². The van der Waals surface area contributed by atoms with E-state index in [0.717, 1.165) is 0 Å². The average Bonchev–Trinajstić information content (AvgIpc) is 2.34. The Balaban J connectivity index is 3.15. The van der Waals surface area contributed by atoms with Crippen molar-refractivity contribution in [3.05, 3.63) is 23.3 Å². The van der Waals surface area contributed by atoms with Crippen LogP contribution in [0.4, 0.5) is 5.69 Å². The molecular formula is C13H24N4O2S. The Morgan fingerprint density at radius 3 is 2.00 bits per heavy atom. The van der Waals surface area contributed by atoms with Crippen LogP contribution in [-0.2, 0) is 10.0 Å². The summed E-state index contributed by atoms with van der Waals surface area (Å²) < 4.78 is 26.7. The van der Waals surface area contributed by atoms with Gasteiger partial charge in [-0.1, -0.05) is 0 Å². The Morgan fingerprint density at radius 2 is 1.60 bits per heavy atom. The number of likely N-dealkylation sites (N-methyl/N-ethyl adjacent to an activating group) is 2. The minimum Gasteiger partial charge on any atom is -0.324 e. The van der Waals surface area contributed by atoms with Crippen molar-refractivity contribution in [1.82, 2.24) is 9.21 Å². The molecule has 0 heterocycles. The van der Waals surface area contributed by atoms with E-state index in [1.165, 1.54) is 4.31 Å². The maximum Gasteiger partial charge on any atom is 0.243 e. The molecule has 0 aliphatic carbocycles. The molecule has 0 radical (unpaired) electrons. The first-order valence-corrected chi connectivity index (χ1v) is 7.83. The number of hydrazine groups is 1. The van der Waals surface area contributed by atoms with Crippen molar-refractivity contribution in [1.29, 1.82) is 0 Å². The van der Waals surface area contributed by atoms with Crippen molar-refractivity contribution in [3.8, 4) is 0 Å².